The molecule has 1 aliphatic rings. The van der Waals surface area contributed by atoms with Gasteiger partial charge in [0.1, 0.15) is 18.4 Å². The van der Waals surface area contributed by atoms with Gasteiger partial charge in [-0.25, -0.2) is 0 Å². The van der Waals surface area contributed by atoms with Crippen LogP contribution in [-0.2, 0) is 12.8 Å². The SMILES string of the molecule is CCN1CCCC(NCCOc2cncc(CCc3cncc(C#N)c3Nc3ccc4[nH]ccc4c3C)c2)C1. The molecule has 0 bridgehead atoms. The maximum absolute atomic E-state index is 9.79. The van der Waals surface area contributed by atoms with Crippen LogP contribution in [0.15, 0.2) is 55.2 Å². The Morgan fingerprint density at radius 1 is 1.15 bits per heavy atom. The normalized spacial score (nSPS) is 15.8. The molecule has 0 amide bonds. The minimum atomic E-state index is 0.531. The van der Waals surface area contributed by atoms with Crippen LogP contribution < -0.4 is 15.4 Å². The van der Waals surface area contributed by atoms with E-state index in [2.05, 4.69) is 68.6 Å². The quantitative estimate of drug-likeness (QED) is 0.235. The molecule has 1 aliphatic heterocycles. The topological polar surface area (TPSA) is 102 Å². The van der Waals surface area contributed by atoms with Crippen molar-refractivity contribution in [1.82, 2.24) is 25.2 Å². The molecular formula is C31H37N7O. The van der Waals surface area contributed by atoms with Crippen molar-refractivity contribution >= 4 is 22.3 Å². The summed E-state index contributed by atoms with van der Waals surface area (Å²) in [7, 11) is 0. The highest BCUT2D eigenvalue weighted by atomic mass is 16.5. The molecule has 0 spiro atoms. The number of hydrogen-bond acceptors (Lipinski definition) is 7. The van der Waals surface area contributed by atoms with Gasteiger partial charge in [-0.1, -0.05) is 6.92 Å². The largest absolute Gasteiger partial charge is 0.491 e. The number of hydrogen-bond donors (Lipinski definition) is 3. The van der Waals surface area contributed by atoms with Crippen molar-refractivity contribution in [2.24, 2.45) is 0 Å². The fourth-order valence-corrected chi connectivity index (χ4v) is 5.38. The van der Waals surface area contributed by atoms with Crippen LogP contribution in [0.25, 0.3) is 10.9 Å². The van der Waals surface area contributed by atoms with Gasteiger partial charge in [-0.3, -0.25) is 9.97 Å². The first-order valence-corrected chi connectivity index (χ1v) is 13.9. The highest BCUT2D eigenvalue weighted by Gasteiger charge is 2.18. The van der Waals surface area contributed by atoms with E-state index < -0.39 is 0 Å². The van der Waals surface area contributed by atoms with Gasteiger partial charge in [0.05, 0.1) is 17.4 Å². The maximum Gasteiger partial charge on any atom is 0.137 e. The van der Waals surface area contributed by atoms with E-state index in [1.165, 1.54) is 19.4 Å². The number of aryl methyl sites for hydroxylation is 3. The summed E-state index contributed by atoms with van der Waals surface area (Å²) in [5.41, 5.74) is 6.62. The summed E-state index contributed by atoms with van der Waals surface area (Å²) >= 11 is 0. The number of nitrogens with one attached hydrogen (secondary N) is 3. The average molecular weight is 524 g/mol. The van der Waals surface area contributed by atoms with E-state index in [0.29, 0.717) is 18.2 Å². The van der Waals surface area contributed by atoms with Gasteiger partial charge in [-0.15, -0.1) is 0 Å². The molecule has 3 N–H and O–H groups in total. The van der Waals surface area contributed by atoms with Crippen molar-refractivity contribution < 1.29 is 4.74 Å². The van der Waals surface area contributed by atoms with Crippen molar-refractivity contribution in [3.8, 4) is 11.8 Å². The third kappa shape index (κ3) is 6.56. The Balaban J connectivity index is 1.20. The first-order valence-electron chi connectivity index (χ1n) is 13.9. The first kappa shape index (κ1) is 26.7. The number of nitriles is 1. The maximum atomic E-state index is 9.79. The zero-order chi connectivity index (χ0) is 27.0. The Kier molecular flexibility index (Phi) is 8.71. The molecule has 1 unspecified atom stereocenters. The molecule has 39 heavy (non-hydrogen) atoms. The molecule has 8 heteroatoms. The van der Waals surface area contributed by atoms with E-state index in [9.17, 15) is 5.26 Å². The second-order valence-electron chi connectivity index (χ2n) is 10.2. The summed E-state index contributed by atoms with van der Waals surface area (Å²) in [6, 6.07) is 11.1. The molecule has 1 saturated heterocycles. The Morgan fingerprint density at radius 2 is 2.05 bits per heavy atom. The summed E-state index contributed by atoms with van der Waals surface area (Å²) in [6.07, 6.45) is 13.0. The van der Waals surface area contributed by atoms with E-state index in [1.54, 1.807) is 12.4 Å². The van der Waals surface area contributed by atoms with Crippen molar-refractivity contribution in [2.75, 3.05) is 38.1 Å². The summed E-state index contributed by atoms with van der Waals surface area (Å²) < 4.78 is 6.01. The van der Waals surface area contributed by atoms with Crippen LogP contribution in [0.1, 0.15) is 42.0 Å². The summed E-state index contributed by atoms with van der Waals surface area (Å²) in [5.74, 6) is 0.783. The van der Waals surface area contributed by atoms with E-state index in [4.69, 9.17) is 4.74 Å². The van der Waals surface area contributed by atoms with Crippen LogP contribution >= 0.6 is 0 Å². The number of H-pyrrole nitrogens is 1. The number of nitrogens with zero attached hydrogens (tertiary/aromatic N) is 4. The molecule has 0 radical (unpaired) electrons. The van der Waals surface area contributed by atoms with Gasteiger partial charge < -0.3 is 25.3 Å². The Hall–Kier alpha value is -3.93. The van der Waals surface area contributed by atoms with E-state index in [0.717, 1.165) is 77.2 Å². The molecule has 1 aromatic carbocycles. The highest BCUT2D eigenvalue weighted by molar-refractivity contribution is 5.89. The van der Waals surface area contributed by atoms with Gasteiger partial charge in [0, 0.05) is 60.5 Å². The second-order valence-corrected chi connectivity index (χ2v) is 10.2. The number of likely N-dealkylation sites (N-methyl/N-ethyl adjacent to an activating group) is 1. The minimum absolute atomic E-state index is 0.531. The van der Waals surface area contributed by atoms with E-state index >= 15 is 0 Å². The lowest BCUT2D eigenvalue weighted by Gasteiger charge is -2.32. The predicted molar refractivity (Wildman–Crippen MR) is 156 cm³/mol. The number of aromatic amines is 1. The van der Waals surface area contributed by atoms with Gasteiger partial charge in [0.2, 0.25) is 0 Å². The van der Waals surface area contributed by atoms with Crippen LogP contribution in [0.2, 0.25) is 0 Å². The third-order valence-corrected chi connectivity index (χ3v) is 7.62. The number of ether oxygens (including phenoxy) is 1. The molecule has 3 aromatic heterocycles. The number of rotatable bonds is 11. The van der Waals surface area contributed by atoms with Crippen LogP contribution in [-0.4, -0.2) is 58.7 Å². The number of piperidine rings is 1. The number of likely N-dealkylation sites (tertiary alicyclic amines) is 1. The molecule has 0 saturated carbocycles. The summed E-state index contributed by atoms with van der Waals surface area (Å²) in [5, 5.41) is 18.1. The molecular weight excluding hydrogens is 486 g/mol. The lowest BCUT2D eigenvalue weighted by atomic mass is 10.0. The smallest absolute Gasteiger partial charge is 0.137 e. The van der Waals surface area contributed by atoms with Crippen LogP contribution in [0.5, 0.6) is 5.75 Å². The molecule has 4 aromatic rings. The van der Waals surface area contributed by atoms with Crippen LogP contribution in [0, 0.1) is 18.3 Å². The Labute approximate surface area is 230 Å². The van der Waals surface area contributed by atoms with Crippen LogP contribution in [0.4, 0.5) is 11.4 Å². The van der Waals surface area contributed by atoms with Gasteiger partial charge in [-0.2, -0.15) is 5.26 Å². The molecule has 202 valence electrons. The number of anilines is 2. The zero-order valence-corrected chi connectivity index (χ0v) is 22.8. The molecule has 1 fully saturated rings. The highest BCUT2D eigenvalue weighted by Crippen LogP contribution is 2.31. The Morgan fingerprint density at radius 3 is 2.92 bits per heavy atom. The van der Waals surface area contributed by atoms with Gasteiger partial charge in [0.15, 0.2) is 0 Å². The van der Waals surface area contributed by atoms with E-state index in [1.807, 2.05) is 24.7 Å². The molecule has 0 aliphatic carbocycles. The summed E-state index contributed by atoms with van der Waals surface area (Å²) in [6.45, 7) is 9.19. The standard InChI is InChI=1S/C31H37N7O/c1-3-38-13-4-5-26(21-38)35-12-14-39-27-15-23(17-33-20-27)6-7-24-18-34-19-25(16-32)31(24)37-29-8-9-30-28(22(29)2)10-11-36-30/h8-11,15,17-20,26,35-36H,3-7,12-14,21H2,1-2H3,(H,34,37). The average Bonchev–Trinajstić information content (AvgIpc) is 3.46. The van der Waals surface area contributed by atoms with Crippen molar-refractivity contribution in [3.05, 3.63) is 77.5 Å². The van der Waals surface area contributed by atoms with Crippen molar-refractivity contribution in [3.63, 3.8) is 0 Å². The number of fused-ring (bicyclic) bond motifs is 1. The third-order valence-electron chi connectivity index (χ3n) is 7.62. The molecule has 1 atom stereocenters. The van der Waals surface area contributed by atoms with Gasteiger partial charge in [-0.05, 0) is 86.7 Å². The van der Waals surface area contributed by atoms with Crippen molar-refractivity contribution in [2.45, 2.75) is 45.6 Å². The van der Waals surface area contributed by atoms with Gasteiger partial charge in [0.25, 0.3) is 0 Å². The number of benzene rings is 1. The van der Waals surface area contributed by atoms with E-state index in [-0.39, 0.29) is 0 Å². The minimum Gasteiger partial charge on any atom is -0.491 e. The lowest BCUT2D eigenvalue weighted by molar-refractivity contribution is 0.193. The zero-order valence-electron chi connectivity index (χ0n) is 22.8. The van der Waals surface area contributed by atoms with Gasteiger partial charge >= 0.3 is 0 Å². The second kappa shape index (κ2) is 12.7. The fraction of sp³-hybridized carbons (Fsp3) is 0.387. The summed E-state index contributed by atoms with van der Waals surface area (Å²) in [4.78, 5) is 14.5. The molecule has 8 nitrogen and oxygen atoms in total. The fourth-order valence-electron chi connectivity index (χ4n) is 5.38. The predicted octanol–water partition coefficient (Wildman–Crippen LogP) is 5.12. The lowest BCUT2D eigenvalue weighted by Crippen LogP contribution is -2.46. The number of aromatic nitrogens is 3. The van der Waals surface area contributed by atoms with Crippen molar-refractivity contribution in [1.29, 1.82) is 5.26 Å². The first-order chi connectivity index (χ1) is 19.1. The monoisotopic (exact) mass is 523 g/mol. The van der Waals surface area contributed by atoms with Crippen LogP contribution in [0.3, 0.4) is 0 Å². The number of pyridine rings is 2. The molecule has 4 heterocycles. The molecule has 5 rings (SSSR count). The Bertz CT molecular complexity index is 1440.